The van der Waals surface area contributed by atoms with Crippen LogP contribution < -0.4 is 4.80 Å². The Morgan fingerprint density at radius 1 is 1.07 bits per heavy atom. The summed E-state index contributed by atoms with van der Waals surface area (Å²) < 4.78 is 28.3. The molecule has 0 spiro atoms. The number of thiazole rings is 1. The Hall–Kier alpha value is -1.74. The molecule has 0 N–H and O–H groups in total. The molecular formula is C20H24BrN3O2S2. The summed E-state index contributed by atoms with van der Waals surface area (Å²) in [6.07, 6.45) is 0. The van der Waals surface area contributed by atoms with Gasteiger partial charge in [-0.1, -0.05) is 18.2 Å². The minimum absolute atomic E-state index is 0. The summed E-state index contributed by atoms with van der Waals surface area (Å²) in [4.78, 5) is 5.92. The number of hydrogen-bond acceptors (Lipinski definition) is 4. The van der Waals surface area contributed by atoms with Crippen molar-refractivity contribution in [2.24, 2.45) is 12.0 Å². The Labute approximate surface area is 180 Å². The van der Waals surface area contributed by atoms with Crippen LogP contribution in [0.5, 0.6) is 0 Å². The van der Waals surface area contributed by atoms with E-state index in [0.29, 0.717) is 4.90 Å². The molecule has 150 valence electrons. The van der Waals surface area contributed by atoms with Crippen molar-refractivity contribution in [1.82, 2.24) is 8.87 Å². The van der Waals surface area contributed by atoms with E-state index in [9.17, 15) is 8.42 Å². The zero-order valence-corrected chi connectivity index (χ0v) is 19.8. The largest absolute Gasteiger partial charge is 0.320 e. The van der Waals surface area contributed by atoms with E-state index in [4.69, 9.17) is 4.99 Å². The first kappa shape index (κ1) is 22.5. The summed E-state index contributed by atoms with van der Waals surface area (Å²) in [6.45, 7) is 3.94. The number of benzene rings is 2. The average molecular weight is 482 g/mol. The van der Waals surface area contributed by atoms with Crippen molar-refractivity contribution in [3.8, 4) is 11.3 Å². The molecule has 3 rings (SSSR count). The number of nitrogens with zero attached hydrogens (tertiary/aromatic N) is 3. The van der Waals surface area contributed by atoms with Crippen LogP contribution in [-0.4, -0.2) is 31.4 Å². The standard InChI is InChI=1S/C20H23N3O2S2.BrH/c1-14-10-16(12-17(11-14)27(24,25)22(3)4)19-13-26-20(23(19)5)21-18-9-7-6-8-15(18)2;/h6-13H,1-5H3;1H/b21-20+;. The monoisotopic (exact) mass is 481 g/mol. The average Bonchev–Trinajstić information content (AvgIpc) is 2.97. The molecule has 0 amide bonds. The zero-order chi connectivity index (χ0) is 19.8. The molecule has 1 aromatic heterocycles. The SMILES string of the molecule is Br.Cc1cc(-c2cs/c(=N/c3ccccc3C)n2C)cc(S(=O)(=O)N(C)C)c1. The van der Waals surface area contributed by atoms with Crippen molar-refractivity contribution in [2.75, 3.05) is 14.1 Å². The van der Waals surface area contributed by atoms with Gasteiger partial charge in [0.05, 0.1) is 16.3 Å². The molecule has 0 atom stereocenters. The molecule has 0 aliphatic heterocycles. The van der Waals surface area contributed by atoms with E-state index < -0.39 is 10.0 Å². The molecule has 0 saturated carbocycles. The van der Waals surface area contributed by atoms with Crippen molar-refractivity contribution in [3.63, 3.8) is 0 Å². The highest BCUT2D eigenvalue weighted by Crippen LogP contribution is 2.26. The van der Waals surface area contributed by atoms with Crippen molar-refractivity contribution in [2.45, 2.75) is 18.7 Å². The highest BCUT2D eigenvalue weighted by molar-refractivity contribution is 8.93. The highest BCUT2D eigenvalue weighted by Gasteiger charge is 2.19. The molecule has 2 aromatic carbocycles. The van der Waals surface area contributed by atoms with E-state index in [1.165, 1.54) is 15.6 Å². The van der Waals surface area contributed by atoms with Crippen LogP contribution in [0.2, 0.25) is 0 Å². The second-order valence-electron chi connectivity index (χ2n) is 6.68. The molecular weight excluding hydrogens is 458 g/mol. The van der Waals surface area contributed by atoms with Gasteiger partial charge in [-0.3, -0.25) is 0 Å². The van der Waals surface area contributed by atoms with Gasteiger partial charge in [-0.05, 0) is 49.2 Å². The maximum Gasteiger partial charge on any atom is 0.242 e. The van der Waals surface area contributed by atoms with Gasteiger partial charge >= 0.3 is 0 Å². The van der Waals surface area contributed by atoms with Crippen molar-refractivity contribution in [1.29, 1.82) is 0 Å². The summed E-state index contributed by atoms with van der Waals surface area (Å²) in [5.41, 5.74) is 4.74. The van der Waals surface area contributed by atoms with E-state index in [-0.39, 0.29) is 17.0 Å². The van der Waals surface area contributed by atoms with Crippen LogP contribution in [0.1, 0.15) is 11.1 Å². The Morgan fingerprint density at radius 3 is 2.39 bits per heavy atom. The fourth-order valence-corrected chi connectivity index (χ4v) is 4.73. The Balaban J connectivity index is 0.00000280. The third-order valence-corrected chi connectivity index (χ3v) is 7.09. The molecule has 0 unspecified atom stereocenters. The van der Waals surface area contributed by atoms with Crippen LogP contribution >= 0.6 is 28.3 Å². The molecule has 0 saturated heterocycles. The van der Waals surface area contributed by atoms with Crippen LogP contribution in [0.25, 0.3) is 11.3 Å². The van der Waals surface area contributed by atoms with Crippen LogP contribution in [0.3, 0.4) is 0 Å². The fraction of sp³-hybridized carbons (Fsp3) is 0.250. The van der Waals surface area contributed by atoms with Crippen LogP contribution in [-0.2, 0) is 17.1 Å². The highest BCUT2D eigenvalue weighted by atomic mass is 79.9. The smallest absolute Gasteiger partial charge is 0.242 e. The van der Waals surface area contributed by atoms with Gasteiger partial charge in [0.25, 0.3) is 0 Å². The van der Waals surface area contributed by atoms with Gasteiger partial charge in [0.15, 0.2) is 4.80 Å². The summed E-state index contributed by atoms with van der Waals surface area (Å²) in [6, 6.07) is 13.4. The van der Waals surface area contributed by atoms with Gasteiger partial charge in [-0.15, -0.1) is 28.3 Å². The molecule has 1 heterocycles. The minimum Gasteiger partial charge on any atom is -0.320 e. The van der Waals surface area contributed by atoms with Crippen molar-refractivity contribution >= 4 is 44.0 Å². The summed E-state index contributed by atoms with van der Waals surface area (Å²) in [7, 11) is 1.55. The lowest BCUT2D eigenvalue weighted by Crippen LogP contribution is -2.22. The molecule has 28 heavy (non-hydrogen) atoms. The second-order valence-corrected chi connectivity index (χ2v) is 9.67. The van der Waals surface area contributed by atoms with Crippen LogP contribution in [0.4, 0.5) is 5.69 Å². The lowest BCUT2D eigenvalue weighted by atomic mass is 10.1. The van der Waals surface area contributed by atoms with E-state index in [2.05, 4.69) is 0 Å². The summed E-state index contributed by atoms with van der Waals surface area (Å²) >= 11 is 1.54. The van der Waals surface area contributed by atoms with Gasteiger partial charge in [-0.25, -0.2) is 17.7 Å². The van der Waals surface area contributed by atoms with Gasteiger partial charge in [0, 0.05) is 32.1 Å². The predicted molar refractivity (Wildman–Crippen MR) is 121 cm³/mol. The summed E-state index contributed by atoms with van der Waals surface area (Å²) in [5, 5.41) is 2.01. The van der Waals surface area contributed by atoms with Crippen molar-refractivity contribution in [3.05, 3.63) is 63.8 Å². The Bertz CT molecular complexity index is 1160. The van der Waals surface area contributed by atoms with E-state index in [1.54, 1.807) is 26.2 Å². The molecule has 0 fully saturated rings. The number of para-hydroxylation sites is 1. The lowest BCUT2D eigenvalue weighted by molar-refractivity contribution is 0.520. The van der Waals surface area contributed by atoms with E-state index in [0.717, 1.165) is 32.9 Å². The lowest BCUT2D eigenvalue weighted by Gasteiger charge is -2.13. The first-order valence-electron chi connectivity index (χ1n) is 8.49. The van der Waals surface area contributed by atoms with Gasteiger partial charge < -0.3 is 4.57 Å². The first-order valence-corrected chi connectivity index (χ1v) is 10.8. The Morgan fingerprint density at radius 2 is 1.75 bits per heavy atom. The topological polar surface area (TPSA) is 54.7 Å². The van der Waals surface area contributed by atoms with Crippen LogP contribution in [0, 0.1) is 13.8 Å². The minimum atomic E-state index is -3.49. The first-order chi connectivity index (χ1) is 12.7. The van der Waals surface area contributed by atoms with Gasteiger partial charge in [0.1, 0.15) is 0 Å². The molecule has 0 radical (unpaired) electrons. The number of sulfonamides is 1. The second kappa shape index (κ2) is 8.73. The molecule has 5 nitrogen and oxygen atoms in total. The molecule has 8 heteroatoms. The van der Waals surface area contributed by atoms with E-state index >= 15 is 0 Å². The number of hydrogen-bond donors (Lipinski definition) is 0. The van der Waals surface area contributed by atoms with Crippen LogP contribution in [0.15, 0.2) is 57.7 Å². The number of aromatic nitrogens is 1. The molecule has 0 aliphatic rings. The van der Waals surface area contributed by atoms with Crippen molar-refractivity contribution < 1.29 is 8.42 Å². The third kappa shape index (κ3) is 4.46. The van der Waals surface area contributed by atoms with Gasteiger partial charge in [-0.2, -0.15) is 0 Å². The third-order valence-electron chi connectivity index (χ3n) is 4.38. The van der Waals surface area contributed by atoms with E-state index in [1.807, 2.05) is 61.2 Å². The molecule has 0 aliphatic carbocycles. The number of aryl methyl sites for hydroxylation is 2. The maximum atomic E-state index is 12.5. The number of halogens is 1. The predicted octanol–water partition coefficient (Wildman–Crippen LogP) is 4.43. The molecule has 0 bridgehead atoms. The van der Waals surface area contributed by atoms with Gasteiger partial charge in [0.2, 0.25) is 10.0 Å². The fourth-order valence-electron chi connectivity index (χ4n) is 2.78. The quantitative estimate of drug-likeness (QED) is 0.553. The normalized spacial score (nSPS) is 12.3. The Kier molecular flexibility index (Phi) is 7.03. The summed E-state index contributed by atoms with van der Waals surface area (Å²) in [5.74, 6) is 0. The molecule has 3 aromatic rings. The maximum absolute atomic E-state index is 12.5. The number of rotatable bonds is 4. The zero-order valence-electron chi connectivity index (χ0n) is 16.5.